The van der Waals surface area contributed by atoms with Crippen molar-refractivity contribution in [3.63, 3.8) is 0 Å². The van der Waals surface area contributed by atoms with Crippen LogP contribution in [0.5, 0.6) is 0 Å². The van der Waals surface area contributed by atoms with Crippen LogP contribution < -0.4 is 10.6 Å². The Morgan fingerprint density at radius 3 is 2.62 bits per heavy atom. The average molecular weight is 468 g/mol. The molecule has 1 saturated heterocycles. The van der Waals surface area contributed by atoms with Crippen molar-refractivity contribution >= 4 is 67.6 Å². The Morgan fingerprint density at radius 2 is 2.10 bits per heavy atom. The molecule has 1 fully saturated rings. The van der Waals surface area contributed by atoms with Crippen molar-refractivity contribution in [3.05, 3.63) is 11.1 Å². The highest BCUT2D eigenvalue weighted by atomic mass is 35.5. The van der Waals surface area contributed by atoms with E-state index in [2.05, 4.69) is 25.6 Å². The summed E-state index contributed by atoms with van der Waals surface area (Å²) < 4.78 is 31.5. The standard InChI is InChI=1S/C13H14ClN5O8S2/c1-5(20)10-9(12(23)19(10)29(24,25)26)17-11(22)8(18-27-2)6-4-28-13(15-6)16-7(21)3-14/h4,9-10H,3H2,1-2H3,(H,17,22)(H,15,16,21)(H,24,25,26)/t9-,10+/m0/s1. The fourth-order valence-corrected chi connectivity index (χ4v) is 4.03. The number of alkyl halides is 1. The van der Waals surface area contributed by atoms with Crippen LogP contribution in [0.15, 0.2) is 10.5 Å². The molecule has 0 bridgehead atoms. The molecule has 0 radical (unpaired) electrons. The van der Waals surface area contributed by atoms with Crippen molar-refractivity contribution in [1.82, 2.24) is 14.6 Å². The molecule has 1 aromatic rings. The fraction of sp³-hybridized carbons (Fsp3) is 0.385. The lowest BCUT2D eigenvalue weighted by atomic mass is 9.95. The van der Waals surface area contributed by atoms with Gasteiger partial charge in [0.1, 0.15) is 30.8 Å². The third-order valence-electron chi connectivity index (χ3n) is 3.52. The molecule has 2 heterocycles. The summed E-state index contributed by atoms with van der Waals surface area (Å²) in [6.45, 7) is 0.991. The summed E-state index contributed by atoms with van der Waals surface area (Å²) in [5.74, 6) is -3.83. The minimum atomic E-state index is -4.98. The first-order chi connectivity index (χ1) is 13.5. The molecule has 13 nitrogen and oxygen atoms in total. The van der Waals surface area contributed by atoms with Gasteiger partial charge < -0.3 is 15.5 Å². The zero-order valence-electron chi connectivity index (χ0n) is 14.8. The van der Waals surface area contributed by atoms with Gasteiger partial charge in [-0.15, -0.1) is 22.9 Å². The molecular formula is C13H14ClN5O8S2. The third-order valence-corrected chi connectivity index (χ3v) is 5.42. The zero-order chi connectivity index (χ0) is 21.9. The summed E-state index contributed by atoms with van der Waals surface area (Å²) in [6.07, 6.45) is 0. The number of ketones is 1. The molecule has 3 N–H and O–H groups in total. The average Bonchev–Trinajstić information content (AvgIpc) is 3.07. The summed E-state index contributed by atoms with van der Waals surface area (Å²) in [5.41, 5.74) is -0.437. The molecule has 0 spiro atoms. The molecule has 1 aliphatic rings. The van der Waals surface area contributed by atoms with Gasteiger partial charge in [-0.3, -0.25) is 23.7 Å². The lowest BCUT2D eigenvalue weighted by Gasteiger charge is -2.42. The number of hydrogen-bond acceptors (Lipinski definition) is 10. The van der Waals surface area contributed by atoms with E-state index >= 15 is 0 Å². The normalized spacial score (nSPS) is 19.4. The quantitative estimate of drug-likeness (QED) is 0.138. The molecule has 0 aromatic carbocycles. The van der Waals surface area contributed by atoms with Gasteiger partial charge in [-0.2, -0.15) is 8.42 Å². The second kappa shape index (κ2) is 8.81. The van der Waals surface area contributed by atoms with Gasteiger partial charge in [0.25, 0.3) is 11.8 Å². The predicted octanol–water partition coefficient (Wildman–Crippen LogP) is -1.24. The van der Waals surface area contributed by atoms with Crippen LogP contribution in [0.25, 0.3) is 0 Å². The highest BCUT2D eigenvalue weighted by Crippen LogP contribution is 2.25. The molecule has 0 saturated carbocycles. The smallest absolute Gasteiger partial charge is 0.363 e. The van der Waals surface area contributed by atoms with Gasteiger partial charge >= 0.3 is 10.3 Å². The predicted molar refractivity (Wildman–Crippen MR) is 99.8 cm³/mol. The maximum absolute atomic E-state index is 12.5. The van der Waals surface area contributed by atoms with Crippen LogP contribution in [0, 0.1) is 0 Å². The molecule has 1 aliphatic heterocycles. The van der Waals surface area contributed by atoms with E-state index in [4.69, 9.17) is 16.2 Å². The van der Waals surface area contributed by atoms with E-state index in [0.717, 1.165) is 25.4 Å². The first-order valence-electron chi connectivity index (χ1n) is 7.56. The zero-order valence-corrected chi connectivity index (χ0v) is 17.2. The Bertz CT molecular complexity index is 991. The Kier molecular flexibility index (Phi) is 6.89. The minimum Gasteiger partial charge on any atom is -0.398 e. The summed E-state index contributed by atoms with van der Waals surface area (Å²) in [5, 5.41) is 9.52. The number of Topliss-reactive ketones (excluding diaryl/α,β-unsaturated/α-hetero) is 1. The number of nitrogens with zero attached hydrogens (tertiary/aromatic N) is 3. The number of rotatable bonds is 8. The summed E-state index contributed by atoms with van der Waals surface area (Å²) >= 11 is 6.33. The Labute approximate surface area is 172 Å². The van der Waals surface area contributed by atoms with Crippen molar-refractivity contribution in [2.75, 3.05) is 18.3 Å². The van der Waals surface area contributed by atoms with Gasteiger partial charge in [-0.25, -0.2) is 9.29 Å². The first-order valence-corrected chi connectivity index (χ1v) is 10.4. The van der Waals surface area contributed by atoms with Crippen molar-refractivity contribution in [3.8, 4) is 0 Å². The summed E-state index contributed by atoms with van der Waals surface area (Å²) in [7, 11) is -3.83. The molecule has 29 heavy (non-hydrogen) atoms. The van der Waals surface area contributed by atoms with Crippen LogP contribution in [0.4, 0.5) is 5.13 Å². The molecule has 0 unspecified atom stereocenters. The Balaban J connectivity index is 2.23. The van der Waals surface area contributed by atoms with Crippen LogP contribution in [0.2, 0.25) is 0 Å². The van der Waals surface area contributed by atoms with Crippen LogP contribution >= 0.6 is 22.9 Å². The SMILES string of the molecule is CON=C(C(=O)N[C@@H]1C(=O)N(S(=O)(=O)O)[C@@H]1C(C)=O)c1csc(NC(=O)CCl)n1. The Hall–Kier alpha value is -2.62. The van der Waals surface area contributed by atoms with Crippen LogP contribution in [0.3, 0.4) is 0 Å². The van der Waals surface area contributed by atoms with E-state index in [0.29, 0.717) is 0 Å². The Morgan fingerprint density at radius 1 is 1.45 bits per heavy atom. The molecular weight excluding hydrogens is 454 g/mol. The maximum atomic E-state index is 12.5. The summed E-state index contributed by atoms with van der Waals surface area (Å²) in [6, 6.07) is -3.16. The molecule has 2 rings (SSSR count). The number of nitrogens with one attached hydrogen (secondary N) is 2. The molecule has 16 heteroatoms. The lowest BCUT2D eigenvalue weighted by Crippen LogP contribution is -2.74. The van der Waals surface area contributed by atoms with E-state index in [1.807, 2.05) is 0 Å². The number of carbonyl (C=O) groups excluding carboxylic acids is 4. The van der Waals surface area contributed by atoms with Gasteiger partial charge in [0, 0.05) is 5.38 Å². The van der Waals surface area contributed by atoms with E-state index < -0.39 is 51.6 Å². The largest absolute Gasteiger partial charge is 0.398 e. The maximum Gasteiger partial charge on any atom is 0.363 e. The van der Waals surface area contributed by atoms with E-state index in [1.165, 1.54) is 5.38 Å². The minimum absolute atomic E-state index is 0.0306. The number of carbonyl (C=O) groups is 4. The second-order valence-electron chi connectivity index (χ2n) is 5.46. The second-order valence-corrected chi connectivity index (χ2v) is 7.88. The topological polar surface area (TPSA) is 184 Å². The monoisotopic (exact) mass is 467 g/mol. The van der Waals surface area contributed by atoms with E-state index in [9.17, 15) is 27.6 Å². The number of thiazole rings is 1. The number of amides is 3. The molecule has 0 aliphatic carbocycles. The lowest BCUT2D eigenvalue weighted by molar-refractivity contribution is -0.150. The number of hydrogen-bond donors (Lipinski definition) is 3. The first kappa shape index (κ1) is 22.7. The summed E-state index contributed by atoms with van der Waals surface area (Å²) in [4.78, 5) is 56.1. The van der Waals surface area contributed by atoms with Crippen molar-refractivity contribution < 1.29 is 37.0 Å². The number of anilines is 1. The number of β-lactam (4-membered cyclic amide) rings is 1. The van der Waals surface area contributed by atoms with Gasteiger partial charge in [0.15, 0.2) is 16.6 Å². The van der Waals surface area contributed by atoms with Crippen LogP contribution in [-0.4, -0.2) is 76.5 Å². The van der Waals surface area contributed by atoms with Gasteiger partial charge in [-0.1, -0.05) is 5.16 Å². The van der Waals surface area contributed by atoms with Crippen molar-refractivity contribution in [2.24, 2.45) is 5.16 Å². The van der Waals surface area contributed by atoms with E-state index in [1.54, 1.807) is 0 Å². The number of oxime groups is 1. The third kappa shape index (κ3) is 4.87. The fourth-order valence-electron chi connectivity index (χ4n) is 2.36. The molecule has 158 valence electrons. The molecule has 2 atom stereocenters. The van der Waals surface area contributed by atoms with Crippen LogP contribution in [0.1, 0.15) is 12.6 Å². The highest BCUT2D eigenvalue weighted by molar-refractivity contribution is 7.84. The number of aromatic nitrogens is 1. The number of halogens is 1. The van der Waals surface area contributed by atoms with Crippen molar-refractivity contribution in [1.29, 1.82) is 0 Å². The highest BCUT2D eigenvalue weighted by Gasteiger charge is 2.56. The van der Waals surface area contributed by atoms with Crippen LogP contribution in [-0.2, 0) is 34.3 Å². The van der Waals surface area contributed by atoms with Gasteiger partial charge in [0.2, 0.25) is 5.91 Å². The molecule has 3 amide bonds. The van der Waals surface area contributed by atoms with Gasteiger partial charge in [-0.05, 0) is 6.92 Å². The van der Waals surface area contributed by atoms with Gasteiger partial charge in [0.05, 0.1) is 0 Å². The molecule has 1 aromatic heterocycles. The van der Waals surface area contributed by atoms with Crippen molar-refractivity contribution in [2.45, 2.75) is 19.0 Å². The van der Waals surface area contributed by atoms with E-state index in [-0.39, 0.29) is 21.0 Å².